The molecule has 146 valence electrons. The van der Waals surface area contributed by atoms with Crippen LogP contribution in [0, 0.1) is 0 Å². The van der Waals surface area contributed by atoms with E-state index >= 15 is 0 Å². The topological polar surface area (TPSA) is 67.8 Å². The van der Waals surface area contributed by atoms with Gasteiger partial charge in [0.2, 0.25) is 5.91 Å². The molecule has 0 aromatic heterocycles. The van der Waals surface area contributed by atoms with E-state index in [4.69, 9.17) is 16.3 Å². The summed E-state index contributed by atoms with van der Waals surface area (Å²) in [5.74, 6) is -0.207. The highest BCUT2D eigenvalue weighted by Crippen LogP contribution is 2.15. The van der Waals surface area contributed by atoms with Crippen LogP contribution in [-0.4, -0.2) is 18.1 Å². The summed E-state index contributed by atoms with van der Waals surface area (Å²) in [6, 6.07) is 23.1. The van der Waals surface area contributed by atoms with Crippen LogP contribution in [0.4, 0.5) is 0 Å². The molecule has 5 nitrogen and oxygen atoms in total. The van der Waals surface area contributed by atoms with E-state index in [2.05, 4.69) is 10.5 Å². The molecule has 1 N–H and O–H groups in total. The molecule has 0 aliphatic rings. The van der Waals surface area contributed by atoms with Crippen molar-refractivity contribution in [2.75, 3.05) is 0 Å². The number of rotatable bonds is 7. The van der Waals surface area contributed by atoms with Crippen LogP contribution in [0.3, 0.4) is 0 Å². The average Bonchev–Trinajstić information content (AvgIpc) is 2.75. The van der Waals surface area contributed by atoms with E-state index in [1.54, 1.807) is 48.5 Å². The molecule has 1 amide bonds. The average molecular weight is 407 g/mol. The van der Waals surface area contributed by atoms with E-state index in [9.17, 15) is 9.59 Å². The number of hydrazone groups is 1. The second kappa shape index (κ2) is 10.2. The standard InChI is InChI=1S/C23H19ClN2O3/c24-20-11-9-19(10-12-20)23(28)29-21-13-6-18(7-14-21)16-25-26-22(27)15-8-17-4-2-1-3-5-17/h1-7,9-14,16H,8,15H2,(H,26,27)/b25-16+. The van der Waals surface area contributed by atoms with Gasteiger partial charge in [-0.3, -0.25) is 4.79 Å². The number of carbonyl (C=O) groups is 2. The SMILES string of the molecule is O=C(CCc1ccccc1)N/N=C/c1ccc(OC(=O)c2ccc(Cl)cc2)cc1. The molecule has 0 saturated heterocycles. The van der Waals surface area contributed by atoms with Gasteiger partial charge in [-0.15, -0.1) is 0 Å². The monoisotopic (exact) mass is 406 g/mol. The van der Waals surface area contributed by atoms with Crippen molar-refractivity contribution >= 4 is 29.7 Å². The molecular weight excluding hydrogens is 388 g/mol. The number of esters is 1. The van der Waals surface area contributed by atoms with Gasteiger partial charge in [-0.25, -0.2) is 10.2 Å². The van der Waals surface area contributed by atoms with Gasteiger partial charge in [0, 0.05) is 11.4 Å². The van der Waals surface area contributed by atoms with Crippen LogP contribution in [0.1, 0.15) is 27.9 Å². The Morgan fingerprint density at radius 3 is 2.31 bits per heavy atom. The van der Waals surface area contributed by atoms with Gasteiger partial charge in [0.05, 0.1) is 11.8 Å². The zero-order valence-electron chi connectivity index (χ0n) is 15.5. The van der Waals surface area contributed by atoms with Crippen LogP contribution < -0.4 is 10.2 Å². The van der Waals surface area contributed by atoms with Crippen molar-refractivity contribution in [3.05, 3.63) is 101 Å². The summed E-state index contributed by atoms with van der Waals surface area (Å²) in [5.41, 5.74) is 4.79. The molecule has 0 spiro atoms. The van der Waals surface area contributed by atoms with E-state index in [-0.39, 0.29) is 5.91 Å². The first-order chi connectivity index (χ1) is 14.1. The Hall–Kier alpha value is -3.44. The van der Waals surface area contributed by atoms with E-state index in [0.717, 1.165) is 11.1 Å². The van der Waals surface area contributed by atoms with Crippen LogP contribution in [-0.2, 0) is 11.2 Å². The summed E-state index contributed by atoms with van der Waals surface area (Å²) < 4.78 is 5.32. The molecule has 0 aliphatic heterocycles. The maximum atomic E-state index is 12.1. The summed E-state index contributed by atoms with van der Waals surface area (Å²) in [4.78, 5) is 23.9. The van der Waals surface area contributed by atoms with Gasteiger partial charge in [0.15, 0.2) is 0 Å². The van der Waals surface area contributed by atoms with Crippen LogP contribution >= 0.6 is 11.6 Å². The minimum atomic E-state index is -0.464. The molecule has 0 atom stereocenters. The smallest absolute Gasteiger partial charge is 0.343 e. The fourth-order valence-electron chi connectivity index (χ4n) is 2.51. The van der Waals surface area contributed by atoms with Crippen molar-refractivity contribution in [1.82, 2.24) is 5.43 Å². The molecule has 0 fully saturated rings. The highest BCUT2D eigenvalue weighted by atomic mass is 35.5. The number of nitrogens with one attached hydrogen (secondary N) is 1. The fourth-order valence-corrected chi connectivity index (χ4v) is 2.64. The highest BCUT2D eigenvalue weighted by molar-refractivity contribution is 6.30. The molecule has 6 heteroatoms. The molecule has 0 saturated carbocycles. The Morgan fingerprint density at radius 2 is 1.62 bits per heavy atom. The quantitative estimate of drug-likeness (QED) is 0.269. The zero-order chi connectivity index (χ0) is 20.5. The Kier molecular flexibility index (Phi) is 7.14. The summed E-state index contributed by atoms with van der Waals surface area (Å²) in [6.07, 6.45) is 2.56. The van der Waals surface area contributed by atoms with Gasteiger partial charge in [0.25, 0.3) is 0 Å². The molecule has 0 unspecified atom stereocenters. The number of hydrogen-bond acceptors (Lipinski definition) is 4. The lowest BCUT2D eigenvalue weighted by Gasteiger charge is -2.05. The summed E-state index contributed by atoms with van der Waals surface area (Å²) >= 11 is 5.81. The Morgan fingerprint density at radius 1 is 0.931 bits per heavy atom. The van der Waals surface area contributed by atoms with Crippen LogP contribution in [0.25, 0.3) is 0 Å². The lowest BCUT2D eigenvalue weighted by molar-refractivity contribution is -0.121. The summed E-state index contributed by atoms with van der Waals surface area (Å²) in [7, 11) is 0. The third kappa shape index (κ3) is 6.59. The Bertz CT molecular complexity index is 985. The van der Waals surface area contributed by atoms with Gasteiger partial charge in [-0.1, -0.05) is 41.9 Å². The normalized spacial score (nSPS) is 10.7. The number of halogens is 1. The highest BCUT2D eigenvalue weighted by Gasteiger charge is 2.08. The molecule has 3 aromatic carbocycles. The molecule has 29 heavy (non-hydrogen) atoms. The number of hydrogen-bond donors (Lipinski definition) is 1. The van der Waals surface area contributed by atoms with Crippen molar-refractivity contribution in [1.29, 1.82) is 0 Å². The van der Waals surface area contributed by atoms with Gasteiger partial charge in [0.1, 0.15) is 5.75 Å². The number of amides is 1. The van der Waals surface area contributed by atoms with Crippen molar-refractivity contribution in [2.24, 2.45) is 5.10 Å². The van der Waals surface area contributed by atoms with Gasteiger partial charge in [-0.05, 0) is 66.1 Å². The number of benzene rings is 3. The lowest BCUT2D eigenvalue weighted by Crippen LogP contribution is -2.17. The van der Waals surface area contributed by atoms with Gasteiger partial charge >= 0.3 is 5.97 Å². The molecule has 0 radical (unpaired) electrons. The maximum absolute atomic E-state index is 12.1. The first-order valence-corrected chi connectivity index (χ1v) is 9.41. The Balaban J connectivity index is 1.46. The van der Waals surface area contributed by atoms with E-state index < -0.39 is 5.97 Å². The minimum Gasteiger partial charge on any atom is -0.423 e. The van der Waals surface area contributed by atoms with Crippen LogP contribution in [0.5, 0.6) is 5.75 Å². The van der Waals surface area contributed by atoms with Crippen molar-refractivity contribution in [2.45, 2.75) is 12.8 Å². The van der Waals surface area contributed by atoms with Crippen molar-refractivity contribution in [3.63, 3.8) is 0 Å². The van der Waals surface area contributed by atoms with E-state index in [0.29, 0.717) is 29.2 Å². The van der Waals surface area contributed by atoms with Crippen molar-refractivity contribution < 1.29 is 14.3 Å². The fraction of sp³-hybridized carbons (Fsp3) is 0.0870. The first kappa shape index (κ1) is 20.3. The molecular formula is C23H19ClN2O3. The molecule has 0 bridgehead atoms. The zero-order valence-corrected chi connectivity index (χ0v) is 16.3. The Labute approximate surface area is 174 Å². The van der Waals surface area contributed by atoms with E-state index in [1.165, 1.54) is 6.21 Å². The van der Waals surface area contributed by atoms with Crippen LogP contribution in [0.2, 0.25) is 5.02 Å². The number of ether oxygens (including phenoxy) is 1. The molecule has 0 heterocycles. The number of carbonyl (C=O) groups excluding carboxylic acids is 2. The number of nitrogens with zero attached hydrogens (tertiary/aromatic N) is 1. The lowest BCUT2D eigenvalue weighted by atomic mass is 10.1. The maximum Gasteiger partial charge on any atom is 0.343 e. The van der Waals surface area contributed by atoms with Crippen LogP contribution in [0.15, 0.2) is 84.0 Å². The predicted octanol–water partition coefficient (Wildman–Crippen LogP) is 4.64. The third-order valence-electron chi connectivity index (χ3n) is 4.06. The second-order valence-corrected chi connectivity index (χ2v) is 6.68. The minimum absolute atomic E-state index is 0.154. The predicted molar refractivity (Wildman–Crippen MR) is 113 cm³/mol. The van der Waals surface area contributed by atoms with E-state index in [1.807, 2.05) is 30.3 Å². The third-order valence-corrected chi connectivity index (χ3v) is 4.31. The molecule has 3 aromatic rings. The summed E-state index contributed by atoms with van der Waals surface area (Å²) in [5, 5.41) is 4.51. The number of aryl methyl sites for hydroxylation is 1. The largest absolute Gasteiger partial charge is 0.423 e. The second-order valence-electron chi connectivity index (χ2n) is 6.24. The first-order valence-electron chi connectivity index (χ1n) is 9.04. The van der Waals surface area contributed by atoms with Gasteiger partial charge in [-0.2, -0.15) is 5.10 Å². The van der Waals surface area contributed by atoms with Crippen molar-refractivity contribution in [3.8, 4) is 5.75 Å². The van der Waals surface area contributed by atoms with Gasteiger partial charge < -0.3 is 4.74 Å². The summed E-state index contributed by atoms with van der Waals surface area (Å²) in [6.45, 7) is 0. The molecule has 3 rings (SSSR count). The molecule has 0 aliphatic carbocycles.